The maximum Gasteiger partial charge on any atom is 0.352 e. The van der Waals surface area contributed by atoms with E-state index in [0.717, 1.165) is 11.0 Å². The lowest BCUT2D eigenvalue weighted by molar-refractivity contribution is -0.154. The molecule has 0 aliphatic rings. The fraction of sp³-hybridized carbons (Fsp3) is 0.0952. The highest BCUT2D eigenvalue weighted by molar-refractivity contribution is 5.79. The Morgan fingerprint density at radius 2 is 1.44 bits per heavy atom. The maximum atomic E-state index is 12.1. The molecule has 6 nitrogen and oxygen atoms in total. The van der Waals surface area contributed by atoms with Crippen LogP contribution in [0.2, 0.25) is 0 Å². The van der Waals surface area contributed by atoms with Crippen LogP contribution in [-0.2, 0) is 10.4 Å². The van der Waals surface area contributed by atoms with Gasteiger partial charge in [0.15, 0.2) is 0 Å². The van der Waals surface area contributed by atoms with Crippen molar-refractivity contribution >= 4 is 17.0 Å². The summed E-state index contributed by atoms with van der Waals surface area (Å²) in [6, 6.07) is 23.5. The summed E-state index contributed by atoms with van der Waals surface area (Å²) in [5.41, 5.74) is 1.06. The van der Waals surface area contributed by atoms with E-state index in [4.69, 9.17) is 4.74 Å². The first-order valence-electron chi connectivity index (χ1n) is 8.47. The van der Waals surface area contributed by atoms with Crippen LogP contribution in [0.25, 0.3) is 16.7 Å². The van der Waals surface area contributed by atoms with Crippen LogP contribution < -0.4 is 4.74 Å². The zero-order chi connectivity index (χ0) is 18.9. The SMILES string of the molecule is CC(Oc1ccccc1-n1nc2ccccc2n1)(C(=O)O)c1ccccc1. The smallest absolute Gasteiger partial charge is 0.352 e. The maximum absolute atomic E-state index is 12.1. The first-order valence-corrected chi connectivity index (χ1v) is 8.47. The van der Waals surface area contributed by atoms with Gasteiger partial charge in [-0.3, -0.25) is 0 Å². The Hall–Kier alpha value is -3.67. The number of nitrogens with zero attached hydrogens (tertiary/aromatic N) is 3. The number of hydrogen-bond donors (Lipinski definition) is 1. The molecule has 1 unspecified atom stereocenters. The molecule has 3 aromatic carbocycles. The van der Waals surface area contributed by atoms with Crippen LogP contribution in [0.3, 0.4) is 0 Å². The van der Waals surface area contributed by atoms with Crippen molar-refractivity contribution < 1.29 is 14.6 Å². The number of hydrogen-bond acceptors (Lipinski definition) is 4. The second-order valence-electron chi connectivity index (χ2n) is 6.25. The van der Waals surface area contributed by atoms with E-state index in [-0.39, 0.29) is 0 Å². The molecule has 0 radical (unpaired) electrons. The van der Waals surface area contributed by atoms with E-state index >= 15 is 0 Å². The number of aliphatic carboxylic acids is 1. The first kappa shape index (κ1) is 16.8. The highest BCUT2D eigenvalue weighted by Crippen LogP contribution is 2.32. The van der Waals surface area contributed by atoms with Crippen molar-refractivity contribution in [3.8, 4) is 11.4 Å². The summed E-state index contributed by atoms with van der Waals surface area (Å²) in [5.74, 6) is -0.700. The summed E-state index contributed by atoms with van der Waals surface area (Å²) in [6.45, 7) is 1.54. The van der Waals surface area contributed by atoms with E-state index in [0.29, 0.717) is 17.0 Å². The highest BCUT2D eigenvalue weighted by Gasteiger charge is 2.38. The predicted molar refractivity (Wildman–Crippen MR) is 101 cm³/mol. The van der Waals surface area contributed by atoms with Gasteiger partial charge in [-0.15, -0.1) is 15.0 Å². The molecule has 0 aliphatic heterocycles. The molecule has 0 saturated heterocycles. The number of carboxylic acids is 1. The minimum atomic E-state index is -1.55. The summed E-state index contributed by atoms with van der Waals surface area (Å²) in [4.78, 5) is 13.5. The van der Waals surface area contributed by atoms with Gasteiger partial charge < -0.3 is 9.84 Å². The predicted octanol–water partition coefficient (Wildman–Crippen LogP) is 3.80. The van der Waals surface area contributed by atoms with Crippen molar-refractivity contribution in [2.24, 2.45) is 0 Å². The number of benzene rings is 3. The molecular formula is C21H17N3O3. The van der Waals surface area contributed by atoms with Crippen molar-refractivity contribution in [2.75, 3.05) is 0 Å². The molecular weight excluding hydrogens is 342 g/mol. The minimum Gasteiger partial charge on any atom is -0.478 e. The number of ether oxygens (including phenoxy) is 1. The van der Waals surface area contributed by atoms with Gasteiger partial charge in [-0.1, -0.05) is 54.6 Å². The Labute approximate surface area is 155 Å². The zero-order valence-electron chi connectivity index (χ0n) is 14.6. The van der Waals surface area contributed by atoms with E-state index in [1.165, 1.54) is 11.7 Å². The second kappa shape index (κ2) is 6.57. The van der Waals surface area contributed by atoms with Crippen LogP contribution in [0, 0.1) is 0 Å². The molecule has 134 valence electrons. The molecule has 0 fully saturated rings. The lowest BCUT2D eigenvalue weighted by Crippen LogP contribution is -2.38. The number of aromatic nitrogens is 3. The van der Waals surface area contributed by atoms with Crippen LogP contribution in [0.1, 0.15) is 12.5 Å². The van der Waals surface area contributed by atoms with Crippen LogP contribution in [-0.4, -0.2) is 26.1 Å². The third kappa shape index (κ3) is 3.01. The fourth-order valence-corrected chi connectivity index (χ4v) is 2.88. The average Bonchev–Trinajstić information content (AvgIpc) is 3.13. The van der Waals surface area contributed by atoms with Crippen LogP contribution in [0.5, 0.6) is 5.75 Å². The number of rotatable bonds is 5. The second-order valence-corrected chi connectivity index (χ2v) is 6.25. The van der Waals surface area contributed by atoms with Gasteiger partial charge in [0, 0.05) is 5.56 Å². The van der Waals surface area contributed by atoms with E-state index < -0.39 is 11.6 Å². The van der Waals surface area contributed by atoms with E-state index in [1.807, 2.05) is 36.4 Å². The molecule has 4 aromatic rings. The number of carbonyl (C=O) groups is 1. The van der Waals surface area contributed by atoms with Gasteiger partial charge in [0.2, 0.25) is 5.60 Å². The standard InChI is InChI=1S/C21H17N3O3/c1-21(20(25)26,15-9-3-2-4-10-15)27-19-14-8-7-13-18(19)24-22-16-11-5-6-12-17(16)23-24/h2-14H,1H3,(H,25,26). The fourth-order valence-electron chi connectivity index (χ4n) is 2.88. The molecule has 27 heavy (non-hydrogen) atoms. The number of para-hydroxylation sites is 2. The minimum absolute atomic E-state index is 0.381. The lowest BCUT2D eigenvalue weighted by atomic mass is 9.96. The summed E-state index contributed by atoms with van der Waals surface area (Å²) in [6.07, 6.45) is 0. The Morgan fingerprint density at radius 1 is 0.889 bits per heavy atom. The summed E-state index contributed by atoms with van der Waals surface area (Å²) in [5, 5.41) is 18.8. The van der Waals surface area contributed by atoms with Crippen LogP contribution in [0.15, 0.2) is 78.9 Å². The normalized spacial score (nSPS) is 13.2. The highest BCUT2D eigenvalue weighted by atomic mass is 16.5. The van der Waals surface area contributed by atoms with Gasteiger partial charge in [-0.2, -0.15) is 0 Å². The van der Waals surface area contributed by atoms with Gasteiger partial charge in [-0.05, 0) is 31.2 Å². The van der Waals surface area contributed by atoms with Crippen molar-refractivity contribution in [2.45, 2.75) is 12.5 Å². The summed E-state index contributed by atoms with van der Waals surface area (Å²) in [7, 11) is 0. The van der Waals surface area contributed by atoms with Crippen molar-refractivity contribution in [1.29, 1.82) is 0 Å². The molecule has 1 heterocycles. The van der Waals surface area contributed by atoms with Gasteiger partial charge >= 0.3 is 5.97 Å². The third-order valence-corrected chi connectivity index (χ3v) is 4.41. The largest absolute Gasteiger partial charge is 0.478 e. The van der Waals surface area contributed by atoms with Crippen molar-refractivity contribution in [3.63, 3.8) is 0 Å². The Bertz CT molecular complexity index is 1070. The molecule has 4 rings (SSSR count). The molecule has 1 aromatic heterocycles. The zero-order valence-corrected chi connectivity index (χ0v) is 14.6. The molecule has 0 amide bonds. The Morgan fingerprint density at radius 3 is 2.07 bits per heavy atom. The van der Waals surface area contributed by atoms with Gasteiger partial charge in [-0.25, -0.2) is 4.79 Å². The van der Waals surface area contributed by atoms with Crippen LogP contribution >= 0.6 is 0 Å². The average molecular weight is 359 g/mol. The summed E-state index contributed by atoms with van der Waals surface area (Å²) >= 11 is 0. The Balaban J connectivity index is 1.79. The molecule has 0 bridgehead atoms. The number of fused-ring (bicyclic) bond motifs is 1. The third-order valence-electron chi connectivity index (χ3n) is 4.41. The molecule has 6 heteroatoms. The molecule has 0 aliphatic carbocycles. The number of carboxylic acid groups (broad SMARTS) is 1. The molecule has 1 N–H and O–H groups in total. The lowest BCUT2D eigenvalue weighted by Gasteiger charge is -2.27. The van der Waals surface area contributed by atoms with E-state index in [9.17, 15) is 9.90 Å². The van der Waals surface area contributed by atoms with E-state index in [2.05, 4.69) is 10.2 Å². The quantitative estimate of drug-likeness (QED) is 0.586. The van der Waals surface area contributed by atoms with Crippen LogP contribution in [0.4, 0.5) is 0 Å². The topological polar surface area (TPSA) is 77.2 Å². The van der Waals surface area contributed by atoms with E-state index in [1.54, 1.807) is 42.5 Å². The summed E-state index contributed by atoms with van der Waals surface area (Å²) < 4.78 is 6.03. The molecule has 0 spiro atoms. The van der Waals surface area contributed by atoms with Gasteiger partial charge in [0.25, 0.3) is 0 Å². The molecule has 0 saturated carbocycles. The Kier molecular flexibility index (Phi) is 4.08. The van der Waals surface area contributed by atoms with Crippen molar-refractivity contribution in [1.82, 2.24) is 15.0 Å². The van der Waals surface area contributed by atoms with Gasteiger partial charge in [0.1, 0.15) is 22.5 Å². The van der Waals surface area contributed by atoms with Crippen molar-refractivity contribution in [3.05, 3.63) is 84.4 Å². The monoisotopic (exact) mass is 359 g/mol. The first-order chi connectivity index (χ1) is 13.1. The molecule has 1 atom stereocenters. The van der Waals surface area contributed by atoms with Gasteiger partial charge in [0.05, 0.1) is 0 Å².